The highest BCUT2D eigenvalue weighted by molar-refractivity contribution is 6.30. The minimum atomic E-state index is -1.08. The van der Waals surface area contributed by atoms with Gasteiger partial charge in [-0.2, -0.15) is 5.26 Å². The molecule has 0 aromatic heterocycles. The third-order valence-corrected chi connectivity index (χ3v) is 6.25. The molecule has 2 atom stereocenters. The van der Waals surface area contributed by atoms with Crippen molar-refractivity contribution in [1.29, 1.82) is 5.26 Å². The maximum Gasteiger partial charge on any atom is 0.404 e. The first kappa shape index (κ1) is 21.9. The molecule has 8 nitrogen and oxygen atoms in total. The number of amides is 3. The van der Waals surface area contributed by atoms with Crippen molar-refractivity contribution in [3.05, 3.63) is 34.9 Å². The van der Waals surface area contributed by atoms with Crippen LogP contribution >= 0.6 is 11.6 Å². The summed E-state index contributed by atoms with van der Waals surface area (Å²) in [4.78, 5) is 39.4. The van der Waals surface area contributed by atoms with E-state index < -0.39 is 6.09 Å². The van der Waals surface area contributed by atoms with E-state index in [4.69, 9.17) is 22.0 Å². The highest BCUT2D eigenvalue weighted by atomic mass is 35.5. The average Bonchev–Trinajstić information content (AvgIpc) is 3.17. The zero-order chi connectivity index (χ0) is 21.7. The molecule has 0 radical (unpaired) electrons. The van der Waals surface area contributed by atoms with Gasteiger partial charge < -0.3 is 20.2 Å². The summed E-state index contributed by atoms with van der Waals surface area (Å²) in [5, 5.41) is 20.8. The van der Waals surface area contributed by atoms with Crippen LogP contribution in [0, 0.1) is 23.2 Å². The van der Waals surface area contributed by atoms with Gasteiger partial charge in [0.05, 0.1) is 6.07 Å². The van der Waals surface area contributed by atoms with Gasteiger partial charge in [-0.15, -0.1) is 0 Å². The van der Waals surface area contributed by atoms with Crippen molar-refractivity contribution in [2.45, 2.75) is 25.2 Å². The van der Waals surface area contributed by atoms with E-state index in [9.17, 15) is 14.4 Å². The third kappa shape index (κ3) is 5.22. The number of carbonyl (C=O) groups is 3. The summed E-state index contributed by atoms with van der Waals surface area (Å²) in [5.74, 6) is -0.293. The molecule has 2 N–H and O–H groups in total. The van der Waals surface area contributed by atoms with Crippen LogP contribution < -0.4 is 5.32 Å². The molecule has 3 amide bonds. The molecule has 2 fully saturated rings. The fourth-order valence-electron chi connectivity index (χ4n) is 4.38. The van der Waals surface area contributed by atoms with Crippen LogP contribution in [-0.4, -0.2) is 65.5 Å². The van der Waals surface area contributed by atoms with Crippen LogP contribution in [-0.2, 0) is 9.59 Å². The minimum absolute atomic E-state index is 0.0235. The number of carbonyl (C=O) groups excluding carboxylic acids is 2. The van der Waals surface area contributed by atoms with Gasteiger partial charge in [0.15, 0.2) is 0 Å². The van der Waals surface area contributed by atoms with Crippen molar-refractivity contribution < 1.29 is 19.5 Å². The zero-order valence-electron chi connectivity index (χ0n) is 16.6. The van der Waals surface area contributed by atoms with E-state index in [1.807, 2.05) is 23.1 Å². The number of hydrogen-bond donors (Lipinski definition) is 2. The second-order valence-corrected chi connectivity index (χ2v) is 8.27. The molecule has 160 valence electrons. The van der Waals surface area contributed by atoms with Crippen LogP contribution in [0.2, 0.25) is 5.02 Å². The molecule has 2 heterocycles. The van der Waals surface area contributed by atoms with Gasteiger partial charge in [-0.25, -0.2) is 4.79 Å². The number of nitrogens with one attached hydrogen (secondary N) is 1. The number of hydrogen-bond acceptors (Lipinski definition) is 4. The van der Waals surface area contributed by atoms with Crippen LogP contribution in [0.4, 0.5) is 4.79 Å². The Morgan fingerprint density at radius 1 is 1.13 bits per heavy atom. The maximum atomic E-state index is 13.1. The first-order valence-electron chi connectivity index (χ1n) is 10.0. The van der Waals surface area contributed by atoms with Crippen molar-refractivity contribution in [3.8, 4) is 6.07 Å². The number of rotatable bonds is 5. The van der Waals surface area contributed by atoms with Crippen molar-refractivity contribution in [1.82, 2.24) is 15.1 Å². The fraction of sp³-hybridized carbons (Fsp3) is 0.524. The summed E-state index contributed by atoms with van der Waals surface area (Å²) in [6.07, 6.45) is -0.0537. The van der Waals surface area contributed by atoms with Gasteiger partial charge in [0, 0.05) is 55.5 Å². The molecule has 3 rings (SSSR count). The lowest BCUT2D eigenvalue weighted by atomic mass is 9.89. The molecule has 30 heavy (non-hydrogen) atoms. The van der Waals surface area contributed by atoms with Gasteiger partial charge in [-0.1, -0.05) is 23.7 Å². The Balaban J connectivity index is 1.65. The van der Waals surface area contributed by atoms with E-state index in [1.54, 1.807) is 17.0 Å². The van der Waals surface area contributed by atoms with Gasteiger partial charge in [-0.05, 0) is 30.5 Å². The summed E-state index contributed by atoms with van der Waals surface area (Å²) in [6, 6.07) is 9.32. The fourth-order valence-corrected chi connectivity index (χ4v) is 4.50. The Morgan fingerprint density at radius 2 is 1.80 bits per heavy atom. The van der Waals surface area contributed by atoms with Crippen LogP contribution in [0.3, 0.4) is 0 Å². The number of carboxylic acid groups (broad SMARTS) is 1. The summed E-state index contributed by atoms with van der Waals surface area (Å²) < 4.78 is 0. The van der Waals surface area contributed by atoms with Crippen LogP contribution in [0.25, 0.3) is 0 Å². The number of likely N-dealkylation sites (tertiary alicyclic amines) is 2. The number of halogens is 1. The lowest BCUT2D eigenvalue weighted by Gasteiger charge is -2.33. The van der Waals surface area contributed by atoms with Gasteiger partial charge in [-0.3, -0.25) is 9.59 Å². The van der Waals surface area contributed by atoms with E-state index in [0.717, 1.165) is 5.56 Å². The lowest BCUT2D eigenvalue weighted by Crippen LogP contribution is -2.44. The summed E-state index contributed by atoms with van der Waals surface area (Å²) >= 11 is 5.99. The monoisotopic (exact) mass is 432 g/mol. The third-order valence-electron chi connectivity index (χ3n) is 5.99. The van der Waals surface area contributed by atoms with Gasteiger partial charge >= 0.3 is 6.09 Å². The van der Waals surface area contributed by atoms with E-state index in [2.05, 4.69) is 5.32 Å². The standard InChI is InChI=1S/C21H25ClN4O4/c22-17-3-1-14(2-4-17)18-13-26(12-16(18)11-24-21(29)30)20(28)15-6-9-25(10-7-15)19(27)5-8-23/h1-4,15-16,18,24H,5-7,9-13H2,(H,29,30)/t16-,18-/m0/s1. The van der Waals surface area contributed by atoms with Crippen molar-refractivity contribution >= 4 is 29.5 Å². The normalized spacial score (nSPS) is 21.9. The Hall–Kier alpha value is -2.79. The van der Waals surface area contributed by atoms with E-state index in [1.165, 1.54) is 0 Å². The predicted octanol–water partition coefficient (Wildman–Crippen LogP) is 2.30. The molecule has 2 aliphatic rings. The van der Waals surface area contributed by atoms with Crippen LogP contribution in [0.15, 0.2) is 24.3 Å². The lowest BCUT2D eigenvalue weighted by molar-refractivity contribution is -0.139. The first-order valence-corrected chi connectivity index (χ1v) is 10.4. The SMILES string of the molecule is N#CCC(=O)N1CCC(C(=O)N2C[C@H](CNC(=O)O)[C@H](c3ccc(Cl)cc3)C2)CC1. The number of nitrogens with zero attached hydrogens (tertiary/aromatic N) is 3. The Bertz CT molecular complexity index is 830. The summed E-state index contributed by atoms with van der Waals surface area (Å²) in [6.45, 7) is 2.25. The van der Waals surface area contributed by atoms with E-state index in [-0.39, 0.29) is 42.5 Å². The predicted molar refractivity (Wildman–Crippen MR) is 110 cm³/mol. The number of benzene rings is 1. The highest BCUT2D eigenvalue weighted by Gasteiger charge is 2.39. The molecule has 1 aromatic carbocycles. The largest absolute Gasteiger partial charge is 0.465 e. The van der Waals surface area contributed by atoms with E-state index in [0.29, 0.717) is 44.0 Å². The van der Waals surface area contributed by atoms with Gasteiger partial charge in [0.1, 0.15) is 6.42 Å². The minimum Gasteiger partial charge on any atom is -0.465 e. The molecule has 2 aliphatic heterocycles. The Kier molecular flexibility index (Phi) is 7.16. The highest BCUT2D eigenvalue weighted by Crippen LogP contribution is 2.34. The van der Waals surface area contributed by atoms with Crippen molar-refractivity contribution in [2.75, 3.05) is 32.7 Å². The van der Waals surface area contributed by atoms with Crippen LogP contribution in [0.1, 0.15) is 30.7 Å². The van der Waals surface area contributed by atoms with Crippen molar-refractivity contribution in [3.63, 3.8) is 0 Å². The first-order chi connectivity index (χ1) is 14.4. The maximum absolute atomic E-state index is 13.1. The topological polar surface area (TPSA) is 114 Å². The quantitative estimate of drug-likeness (QED) is 0.741. The number of nitriles is 1. The molecule has 0 saturated carbocycles. The molecule has 0 unspecified atom stereocenters. The number of piperidine rings is 1. The van der Waals surface area contributed by atoms with E-state index >= 15 is 0 Å². The average molecular weight is 433 g/mol. The zero-order valence-corrected chi connectivity index (χ0v) is 17.3. The summed E-state index contributed by atoms with van der Waals surface area (Å²) in [5.41, 5.74) is 1.03. The summed E-state index contributed by atoms with van der Waals surface area (Å²) in [7, 11) is 0. The van der Waals surface area contributed by atoms with Gasteiger partial charge in [0.2, 0.25) is 11.8 Å². The molecule has 1 aromatic rings. The molecule has 0 spiro atoms. The molecular weight excluding hydrogens is 408 g/mol. The molecule has 0 bridgehead atoms. The molecular formula is C21H25ClN4O4. The molecule has 2 saturated heterocycles. The van der Waals surface area contributed by atoms with Crippen molar-refractivity contribution in [2.24, 2.45) is 11.8 Å². The smallest absolute Gasteiger partial charge is 0.404 e. The van der Waals surface area contributed by atoms with Crippen LogP contribution in [0.5, 0.6) is 0 Å². The Morgan fingerprint density at radius 3 is 2.40 bits per heavy atom. The Labute approximate surface area is 180 Å². The molecule has 9 heteroatoms. The van der Waals surface area contributed by atoms with Gasteiger partial charge in [0.25, 0.3) is 0 Å². The molecule has 0 aliphatic carbocycles. The second kappa shape index (κ2) is 9.81. The second-order valence-electron chi connectivity index (χ2n) is 7.84.